The van der Waals surface area contributed by atoms with Gasteiger partial charge in [0.25, 0.3) is 0 Å². The van der Waals surface area contributed by atoms with E-state index in [1.165, 1.54) is 38.1 Å². The van der Waals surface area contributed by atoms with Crippen molar-refractivity contribution in [3.05, 3.63) is 53.6 Å². The number of hydrogen-bond acceptors (Lipinski definition) is 4. The first-order valence-corrected chi connectivity index (χ1v) is 11.2. The van der Waals surface area contributed by atoms with Gasteiger partial charge >= 0.3 is 12.1 Å². The predicted octanol–water partition coefficient (Wildman–Crippen LogP) is 5.61. The van der Waals surface area contributed by atoms with Crippen LogP contribution in [0.4, 0.5) is 13.2 Å². The van der Waals surface area contributed by atoms with Crippen LogP contribution < -0.4 is 0 Å². The number of rotatable bonds is 7. The van der Waals surface area contributed by atoms with E-state index in [9.17, 15) is 26.4 Å². The summed E-state index contributed by atoms with van der Waals surface area (Å²) in [6.07, 6.45) is -4.07. The fraction of sp³-hybridized carbons (Fsp3) is 0.409. The van der Waals surface area contributed by atoms with E-state index in [0.717, 1.165) is 12.1 Å². The fourth-order valence-corrected chi connectivity index (χ4v) is 4.40. The molecule has 0 spiro atoms. The minimum absolute atomic E-state index is 0.0162. The van der Waals surface area contributed by atoms with E-state index in [-0.39, 0.29) is 11.5 Å². The van der Waals surface area contributed by atoms with E-state index in [2.05, 4.69) is 0 Å². The van der Waals surface area contributed by atoms with Crippen LogP contribution in [0.25, 0.3) is 11.1 Å². The summed E-state index contributed by atoms with van der Waals surface area (Å²) in [6, 6.07) is 8.94. The number of benzene rings is 2. The number of hydrogen-bond donors (Lipinski definition) is 0. The van der Waals surface area contributed by atoms with Crippen molar-refractivity contribution in [1.29, 1.82) is 0 Å². The van der Waals surface area contributed by atoms with E-state index >= 15 is 0 Å². The smallest absolute Gasteiger partial charge is 0.416 e. The molecule has 30 heavy (non-hydrogen) atoms. The molecule has 2 aromatic carbocycles. The first-order chi connectivity index (χ1) is 13.9. The van der Waals surface area contributed by atoms with Crippen molar-refractivity contribution in [1.82, 2.24) is 0 Å². The Morgan fingerprint density at radius 1 is 1.03 bits per heavy atom. The quantitative estimate of drug-likeness (QED) is 0.523. The Kier molecular flexibility index (Phi) is 7.34. The first kappa shape index (κ1) is 23.9. The lowest BCUT2D eigenvalue weighted by atomic mass is 9.94. The molecule has 0 radical (unpaired) electrons. The summed E-state index contributed by atoms with van der Waals surface area (Å²) in [5, 5.41) is -0.747. The molecule has 0 N–H and O–H groups in total. The highest BCUT2D eigenvalue weighted by molar-refractivity contribution is 7.92. The average molecular weight is 442 g/mol. The van der Waals surface area contributed by atoms with Crippen LogP contribution in [0.5, 0.6) is 0 Å². The fourth-order valence-electron chi connectivity index (χ4n) is 3.10. The van der Waals surface area contributed by atoms with Gasteiger partial charge in [0, 0.05) is 5.56 Å². The van der Waals surface area contributed by atoms with Crippen LogP contribution in [0.3, 0.4) is 0 Å². The van der Waals surface area contributed by atoms with Crippen molar-refractivity contribution in [2.75, 3.05) is 6.61 Å². The van der Waals surface area contributed by atoms with Gasteiger partial charge in [0.2, 0.25) is 0 Å². The van der Waals surface area contributed by atoms with E-state index in [1.54, 1.807) is 19.9 Å². The van der Waals surface area contributed by atoms with Crippen LogP contribution in [0, 0.1) is 0 Å². The molecule has 2 aromatic rings. The highest BCUT2D eigenvalue weighted by Gasteiger charge is 2.31. The normalized spacial score (nSPS) is 13.3. The first-order valence-electron chi connectivity index (χ1n) is 9.65. The van der Waals surface area contributed by atoms with Crippen molar-refractivity contribution in [3.63, 3.8) is 0 Å². The van der Waals surface area contributed by atoms with Crippen LogP contribution in [0.1, 0.15) is 51.2 Å². The van der Waals surface area contributed by atoms with E-state index < -0.39 is 38.7 Å². The van der Waals surface area contributed by atoms with Gasteiger partial charge in [0.05, 0.1) is 28.2 Å². The Balaban J connectivity index is 2.65. The molecule has 2 rings (SSSR count). The molecule has 8 heteroatoms. The number of halogens is 3. The topological polar surface area (TPSA) is 60.4 Å². The maximum atomic E-state index is 13.0. The molecule has 1 atom stereocenters. The van der Waals surface area contributed by atoms with Crippen LogP contribution >= 0.6 is 0 Å². The number of sulfone groups is 1. The Labute approximate surface area is 175 Å². The van der Waals surface area contributed by atoms with Crippen LogP contribution in [-0.4, -0.2) is 26.2 Å². The summed E-state index contributed by atoms with van der Waals surface area (Å²) in [7, 11) is -3.77. The summed E-state index contributed by atoms with van der Waals surface area (Å²) in [5.74, 6) is -1.08. The number of ether oxygens (including phenoxy) is 1. The molecule has 0 fully saturated rings. The summed E-state index contributed by atoms with van der Waals surface area (Å²) in [4.78, 5) is 12.3. The minimum Gasteiger partial charge on any atom is -0.466 e. The molecule has 0 aromatic heterocycles. The van der Waals surface area contributed by atoms with Gasteiger partial charge in [-0.15, -0.1) is 0 Å². The number of esters is 1. The zero-order valence-electron chi connectivity index (χ0n) is 17.3. The molecule has 0 aliphatic heterocycles. The largest absolute Gasteiger partial charge is 0.466 e. The molecule has 0 amide bonds. The zero-order valence-corrected chi connectivity index (χ0v) is 18.1. The lowest BCUT2D eigenvalue weighted by molar-refractivity contribution is -0.145. The average Bonchev–Trinajstić information content (AvgIpc) is 2.68. The molecule has 0 heterocycles. The third-order valence-electron chi connectivity index (χ3n) is 4.84. The third kappa shape index (κ3) is 5.03. The van der Waals surface area contributed by atoms with Gasteiger partial charge in [0.1, 0.15) is 0 Å². The second-order valence-corrected chi connectivity index (χ2v) is 9.61. The summed E-state index contributed by atoms with van der Waals surface area (Å²) >= 11 is 0. The minimum atomic E-state index is -4.48. The third-order valence-corrected chi connectivity index (χ3v) is 7.03. The van der Waals surface area contributed by atoms with Crippen molar-refractivity contribution >= 4 is 15.8 Å². The molecule has 0 saturated carbocycles. The van der Waals surface area contributed by atoms with E-state index in [4.69, 9.17) is 4.74 Å². The van der Waals surface area contributed by atoms with Crippen molar-refractivity contribution < 1.29 is 31.1 Å². The van der Waals surface area contributed by atoms with Gasteiger partial charge in [-0.3, -0.25) is 4.79 Å². The Hall–Kier alpha value is -2.35. The van der Waals surface area contributed by atoms with Crippen molar-refractivity contribution in [2.24, 2.45) is 0 Å². The standard InChI is InChI=1S/C22H25F3O4S/c1-5-18(21(26)29-6-2)16-9-12-19(20(13-16)30(27,28)14(3)4)15-7-10-17(11-8-15)22(23,24)25/h7-14,18H,5-6H2,1-4H3. The maximum Gasteiger partial charge on any atom is 0.416 e. The molecule has 1 unspecified atom stereocenters. The SMILES string of the molecule is CCOC(=O)C(CC)c1ccc(-c2ccc(C(F)(F)F)cc2)c(S(=O)(=O)C(C)C)c1. The van der Waals surface area contributed by atoms with Crippen LogP contribution in [0.2, 0.25) is 0 Å². The molecule has 0 aliphatic carbocycles. The molecule has 0 saturated heterocycles. The molecular weight excluding hydrogens is 417 g/mol. The molecule has 0 aliphatic rings. The van der Waals surface area contributed by atoms with Gasteiger partial charge in [-0.1, -0.05) is 31.2 Å². The van der Waals surface area contributed by atoms with Crippen LogP contribution in [0.15, 0.2) is 47.4 Å². The summed E-state index contributed by atoms with van der Waals surface area (Å²) in [5.41, 5.74) is 0.313. The highest BCUT2D eigenvalue weighted by atomic mass is 32.2. The Bertz CT molecular complexity index is 994. The second-order valence-electron chi connectivity index (χ2n) is 7.14. The number of alkyl halides is 3. The second kappa shape index (κ2) is 9.20. The molecule has 4 nitrogen and oxygen atoms in total. The lowest BCUT2D eigenvalue weighted by Crippen LogP contribution is -2.18. The highest BCUT2D eigenvalue weighted by Crippen LogP contribution is 2.36. The molecular formula is C22H25F3O4S. The monoisotopic (exact) mass is 442 g/mol. The Morgan fingerprint density at radius 3 is 2.10 bits per heavy atom. The van der Waals surface area contributed by atoms with Gasteiger partial charge in [0.15, 0.2) is 9.84 Å². The zero-order chi connectivity index (χ0) is 22.7. The molecule has 164 valence electrons. The number of carbonyl (C=O) groups is 1. The van der Waals surface area contributed by atoms with Crippen LogP contribution in [-0.2, 0) is 25.5 Å². The molecule has 0 bridgehead atoms. The number of carbonyl (C=O) groups excluding carboxylic acids is 1. The van der Waals surface area contributed by atoms with E-state index in [0.29, 0.717) is 23.1 Å². The van der Waals surface area contributed by atoms with Gasteiger partial charge < -0.3 is 4.74 Å². The predicted molar refractivity (Wildman–Crippen MR) is 109 cm³/mol. The van der Waals surface area contributed by atoms with Gasteiger partial charge in [-0.05, 0) is 56.5 Å². The maximum absolute atomic E-state index is 13.0. The summed E-state index contributed by atoms with van der Waals surface area (Å²) in [6.45, 7) is 6.74. The lowest BCUT2D eigenvalue weighted by Gasteiger charge is -2.19. The van der Waals surface area contributed by atoms with Crippen molar-refractivity contribution in [2.45, 2.75) is 56.4 Å². The van der Waals surface area contributed by atoms with Gasteiger partial charge in [-0.25, -0.2) is 8.42 Å². The summed E-state index contributed by atoms with van der Waals surface area (Å²) < 4.78 is 69.7. The van der Waals surface area contributed by atoms with Crippen molar-refractivity contribution in [3.8, 4) is 11.1 Å². The van der Waals surface area contributed by atoms with Gasteiger partial charge in [-0.2, -0.15) is 13.2 Å². The Morgan fingerprint density at radius 2 is 1.63 bits per heavy atom. The van der Waals surface area contributed by atoms with E-state index in [1.807, 2.05) is 0 Å².